The van der Waals surface area contributed by atoms with Crippen molar-refractivity contribution in [3.8, 4) is 22.8 Å². The third-order valence-electron chi connectivity index (χ3n) is 5.82. The monoisotopic (exact) mass is 462 g/mol. The summed E-state index contributed by atoms with van der Waals surface area (Å²) in [5.74, 6) is 3.33. The van der Waals surface area contributed by atoms with Crippen LogP contribution in [0.3, 0.4) is 0 Å². The third-order valence-corrected chi connectivity index (χ3v) is 7.13. The molecule has 1 aromatic carbocycles. The van der Waals surface area contributed by atoms with Crippen LogP contribution in [0.4, 0.5) is 5.82 Å². The fourth-order valence-corrected chi connectivity index (χ4v) is 5.17. The Balaban J connectivity index is 1.75. The molecule has 1 aliphatic heterocycles. The van der Waals surface area contributed by atoms with Gasteiger partial charge in [0.25, 0.3) is 0 Å². The predicted octanol–water partition coefficient (Wildman–Crippen LogP) is 5.19. The zero-order valence-corrected chi connectivity index (χ0v) is 19.1. The Hall–Kier alpha value is -1.96. The lowest BCUT2D eigenvalue weighted by atomic mass is 10.1. The number of aromatic nitrogens is 3. The highest BCUT2D eigenvalue weighted by Gasteiger charge is 2.46. The van der Waals surface area contributed by atoms with Crippen molar-refractivity contribution in [3.63, 3.8) is 0 Å². The smallest absolute Gasteiger partial charge is 0.187 e. The second-order valence-electron chi connectivity index (χ2n) is 7.57. The minimum Gasteiger partial charge on any atom is -0.495 e. The van der Waals surface area contributed by atoms with Gasteiger partial charge in [0.2, 0.25) is 0 Å². The maximum atomic E-state index is 6.67. The van der Waals surface area contributed by atoms with Crippen LogP contribution in [0.15, 0.2) is 23.5 Å². The number of methoxy groups -OCH3 is 2. The van der Waals surface area contributed by atoms with Gasteiger partial charge in [-0.05, 0) is 30.6 Å². The van der Waals surface area contributed by atoms with Gasteiger partial charge in [-0.3, -0.25) is 0 Å². The minimum atomic E-state index is 0.395. The Morgan fingerprint density at radius 3 is 2.30 bits per heavy atom. The Morgan fingerprint density at radius 2 is 1.70 bits per heavy atom. The lowest BCUT2D eigenvalue weighted by molar-refractivity contribution is 0.395. The second kappa shape index (κ2) is 7.62. The molecule has 3 aromatic rings. The van der Waals surface area contributed by atoms with E-state index in [1.165, 1.54) is 18.2 Å². The number of pyridine rings is 1. The molecule has 0 spiro atoms. The van der Waals surface area contributed by atoms with E-state index in [9.17, 15) is 0 Å². The molecule has 1 saturated carbocycles. The maximum absolute atomic E-state index is 6.67. The highest BCUT2D eigenvalue weighted by molar-refractivity contribution is 7.98. The van der Waals surface area contributed by atoms with E-state index in [-0.39, 0.29) is 0 Å². The van der Waals surface area contributed by atoms with Crippen molar-refractivity contribution in [1.82, 2.24) is 15.0 Å². The number of nitrogens with zero attached hydrogens (tertiary/aromatic N) is 4. The number of fused-ring (bicyclic) bond motifs is 2. The molecule has 0 amide bonds. The minimum absolute atomic E-state index is 0.395. The van der Waals surface area contributed by atoms with E-state index in [2.05, 4.69) is 9.88 Å². The van der Waals surface area contributed by atoms with Crippen molar-refractivity contribution in [2.75, 3.05) is 38.5 Å². The molecule has 5 rings (SSSR count). The van der Waals surface area contributed by atoms with Crippen LogP contribution in [0.5, 0.6) is 11.5 Å². The molecule has 6 nitrogen and oxygen atoms in total. The molecule has 2 aliphatic rings. The van der Waals surface area contributed by atoms with Crippen molar-refractivity contribution in [1.29, 1.82) is 0 Å². The van der Waals surface area contributed by atoms with Crippen LogP contribution in [-0.4, -0.2) is 48.5 Å². The van der Waals surface area contributed by atoms with Crippen LogP contribution in [0, 0.1) is 11.8 Å². The first-order valence-corrected chi connectivity index (χ1v) is 11.6. The molecular formula is C21H20Cl2N4O2S. The molecule has 1 aliphatic carbocycles. The Morgan fingerprint density at radius 1 is 1.03 bits per heavy atom. The van der Waals surface area contributed by atoms with Gasteiger partial charge in [0.05, 0.1) is 30.0 Å². The van der Waals surface area contributed by atoms with Crippen LogP contribution in [0.1, 0.15) is 6.42 Å². The van der Waals surface area contributed by atoms with Crippen molar-refractivity contribution < 1.29 is 9.47 Å². The fraction of sp³-hybridized carbons (Fsp3) is 0.381. The average Bonchev–Trinajstić information content (AvgIpc) is 3.38. The molecule has 2 aromatic heterocycles. The topological polar surface area (TPSA) is 60.4 Å². The quantitative estimate of drug-likeness (QED) is 0.381. The largest absolute Gasteiger partial charge is 0.495 e. The molecule has 0 radical (unpaired) electrons. The van der Waals surface area contributed by atoms with E-state index in [4.69, 9.17) is 42.6 Å². The number of anilines is 1. The zero-order chi connectivity index (χ0) is 21.0. The summed E-state index contributed by atoms with van der Waals surface area (Å²) in [5.41, 5.74) is 2.07. The van der Waals surface area contributed by atoms with E-state index in [0.717, 1.165) is 46.8 Å². The highest BCUT2D eigenvalue weighted by atomic mass is 35.5. The molecule has 0 N–H and O–H groups in total. The van der Waals surface area contributed by atoms with E-state index < -0.39 is 0 Å². The Kier molecular flexibility index (Phi) is 5.08. The van der Waals surface area contributed by atoms with Gasteiger partial charge >= 0.3 is 0 Å². The summed E-state index contributed by atoms with van der Waals surface area (Å²) in [7, 11) is 3.12. The number of hydrogen-bond acceptors (Lipinski definition) is 7. The first-order chi connectivity index (χ1) is 14.5. The number of piperidine rings is 1. The zero-order valence-electron chi connectivity index (χ0n) is 16.8. The van der Waals surface area contributed by atoms with Gasteiger partial charge in [0.1, 0.15) is 17.0 Å². The molecule has 2 fully saturated rings. The van der Waals surface area contributed by atoms with Crippen molar-refractivity contribution in [3.05, 3.63) is 28.4 Å². The van der Waals surface area contributed by atoms with Gasteiger partial charge in [-0.25, -0.2) is 15.0 Å². The molecule has 30 heavy (non-hydrogen) atoms. The van der Waals surface area contributed by atoms with Crippen LogP contribution in [0.2, 0.25) is 10.0 Å². The summed E-state index contributed by atoms with van der Waals surface area (Å²) in [6.07, 6.45) is 5.11. The summed E-state index contributed by atoms with van der Waals surface area (Å²) < 4.78 is 10.9. The van der Waals surface area contributed by atoms with Crippen LogP contribution < -0.4 is 14.4 Å². The van der Waals surface area contributed by atoms with Gasteiger partial charge in [0.15, 0.2) is 11.0 Å². The average molecular weight is 463 g/mol. The third kappa shape index (κ3) is 3.24. The lowest BCUT2D eigenvalue weighted by Gasteiger charge is -2.22. The summed E-state index contributed by atoms with van der Waals surface area (Å²) in [6, 6.07) is 3.60. The summed E-state index contributed by atoms with van der Waals surface area (Å²) >= 11 is 14.8. The first kappa shape index (κ1) is 20.0. The fourth-order valence-electron chi connectivity index (χ4n) is 4.13. The molecule has 2 unspecified atom stereocenters. The van der Waals surface area contributed by atoms with Gasteiger partial charge < -0.3 is 14.4 Å². The normalized spacial score (nSPS) is 19.8. The first-order valence-electron chi connectivity index (χ1n) is 9.61. The van der Waals surface area contributed by atoms with E-state index in [0.29, 0.717) is 32.8 Å². The molecule has 3 heterocycles. The van der Waals surface area contributed by atoms with Crippen molar-refractivity contribution >= 4 is 51.7 Å². The molecule has 0 bridgehead atoms. The molecule has 1 saturated heterocycles. The van der Waals surface area contributed by atoms with Gasteiger partial charge in [-0.1, -0.05) is 35.0 Å². The summed E-state index contributed by atoms with van der Waals surface area (Å²) in [6.45, 7) is 2.00. The standard InChI is InChI=1S/C21H20Cl2N4O2S/c1-28-14-6-15(29-2)18(23)16(17(14)22)13-5-10-7-24-21(30-3)26-19(10)20(25-13)27-8-11-4-12(11)9-27/h5-7,11-12H,4,8-9H2,1-3H3. The highest BCUT2D eigenvalue weighted by Crippen LogP contribution is 2.49. The second-order valence-corrected chi connectivity index (χ2v) is 9.10. The van der Waals surface area contributed by atoms with E-state index >= 15 is 0 Å². The van der Waals surface area contributed by atoms with Gasteiger partial charge in [-0.2, -0.15) is 0 Å². The predicted molar refractivity (Wildman–Crippen MR) is 121 cm³/mol. The Labute approximate surface area is 188 Å². The molecule has 156 valence electrons. The molecular weight excluding hydrogens is 443 g/mol. The number of thioether (sulfide) groups is 1. The lowest BCUT2D eigenvalue weighted by Crippen LogP contribution is -2.23. The van der Waals surface area contributed by atoms with Crippen LogP contribution in [0.25, 0.3) is 22.2 Å². The van der Waals surface area contributed by atoms with Crippen LogP contribution >= 0.6 is 35.0 Å². The maximum Gasteiger partial charge on any atom is 0.187 e. The Bertz CT molecular complexity index is 1120. The number of rotatable bonds is 5. The van der Waals surface area contributed by atoms with Crippen molar-refractivity contribution in [2.45, 2.75) is 11.6 Å². The van der Waals surface area contributed by atoms with E-state index in [1.54, 1.807) is 20.3 Å². The number of benzene rings is 1. The SMILES string of the molecule is COc1cc(OC)c(Cl)c(-c2cc3cnc(SC)nc3c(N3CC4CC4C3)n2)c1Cl. The van der Waals surface area contributed by atoms with Gasteiger partial charge in [-0.15, -0.1) is 0 Å². The molecule has 2 atom stereocenters. The van der Waals surface area contributed by atoms with E-state index in [1.807, 2.05) is 18.5 Å². The van der Waals surface area contributed by atoms with Crippen LogP contribution in [-0.2, 0) is 0 Å². The summed E-state index contributed by atoms with van der Waals surface area (Å²) in [5, 5.41) is 2.41. The van der Waals surface area contributed by atoms with Gasteiger partial charge in [0, 0.05) is 36.3 Å². The number of hydrogen-bond donors (Lipinski definition) is 0. The number of ether oxygens (including phenoxy) is 2. The number of halogens is 2. The summed E-state index contributed by atoms with van der Waals surface area (Å²) in [4.78, 5) is 16.5. The molecule has 9 heteroatoms. The van der Waals surface area contributed by atoms with Crippen molar-refractivity contribution in [2.24, 2.45) is 11.8 Å².